The molecule has 0 amide bonds. The number of hydrogen-bond acceptors (Lipinski definition) is 15. The number of fused-ring (bicyclic) bond motifs is 1. The van der Waals surface area contributed by atoms with Crippen molar-refractivity contribution in [3.8, 4) is 11.9 Å². The second-order valence-electron chi connectivity index (χ2n) is 7.72. The van der Waals surface area contributed by atoms with Gasteiger partial charge in [-0.1, -0.05) is 0 Å². The molecule has 15 heteroatoms. The highest BCUT2D eigenvalue weighted by Gasteiger charge is 2.52. The lowest BCUT2D eigenvalue weighted by Crippen LogP contribution is -2.64. The predicted octanol–water partition coefficient (Wildman–Crippen LogP) is -0.445. The van der Waals surface area contributed by atoms with Crippen LogP contribution < -0.4 is 14.8 Å². The average molecular weight is 511 g/mol. The number of aromatic nitrogens is 2. The quantitative estimate of drug-likeness (QED) is 0.349. The van der Waals surface area contributed by atoms with Gasteiger partial charge in [0.05, 0.1) is 7.11 Å². The van der Waals surface area contributed by atoms with Crippen molar-refractivity contribution in [1.29, 1.82) is 0 Å². The van der Waals surface area contributed by atoms with Gasteiger partial charge in [-0.05, 0) is 0 Å². The van der Waals surface area contributed by atoms with Crippen LogP contribution in [0.15, 0.2) is 0 Å². The molecule has 1 saturated heterocycles. The third kappa shape index (κ3) is 6.16. The van der Waals surface area contributed by atoms with Crippen LogP contribution in [0.25, 0.3) is 0 Å². The fourth-order valence-electron chi connectivity index (χ4n) is 3.66. The number of carbonyl (C=O) groups excluding carboxylic acids is 5. The van der Waals surface area contributed by atoms with Crippen LogP contribution in [0.4, 0.5) is 5.82 Å². The summed E-state index contributed by atoms with van der Waals surface area (Å²) in [4.78, 5) is 67.7. The molecule has 3 rings (SSSR count). The van der Waals surface area contributed by atoms with E-state index in [9.17, 15) is 24.0 Å². The van der Waals surface area contributed by atoms with Gasteiger partial charge in [-0.25, -0.2) is 0 Å². The maximum atomic E-state index is 12.4. The zero-order valence-corrected chi connectivity index (χ0v) is 20.1. The van der Waals surface area contributed by atoms with E-state index in [1.54, 1.807) is 0 Å². The third-order valence-corrected chi connectivity index (χ3v) is 4.93. The number of ether oxygens (including phenoxy) is 7. The van der Waals surface area contributed by atoms with Crippen LogP contribution >= 0.6 is 0 Å². The van der Waals surface area contributed by atoms with E-state index in [0.29, 0.717) is 0 Å². The van der Waals surface area contributed by atoms with Gasteiger partial charge >= 0.3 is 29.9 Å². The molecule has 0 spiro atoms. The van der Waals surface area contributed by atoms with Gasteiger partial charge in [-0.15, -0.1) is 0 Å². The Morgan fingerprint density at radius 1 is 0.917 bits per heavy atom. The molecule has 2 aliphatic rings. The molecule has 5 unspecified atom stereocenters. The maximum absolute atomic E-state index is 12.4. The van der Waals surface area contributed by atoms with Crippen LogP contribution in [0.5, 0.6) is 11.9 Å². The Bertz CT molecular complexity index is 1060. The summed E-state index contributed by atoms with van der Waals surface area (Å²) < 4.78 is 37.4. The van der Waals surface area contributed by atoms with Crippen LogP contribution in [0.2, 0.25) is 0 Å². The minimum absolute atomic E-state index is 0.0105. The zero-order valence-electron chi connectivity index (χ0n) is 20.1. The van der Waals surface area contributed by atoms with Gasteiger partial charge < -0.3 is 38.5 Å². The third-order valence-electron chi connectivity index (χ3n) is 4.93. The van der Waals surface area contributed by atoms with E-state index in [1.165, 1.54) is 7.11 Å². The Morgan fingerprint density at radius 3 is 2.11 bits per heavy atom. The molecule has 1 aromatic heterocycles. The summed E-state index contributed by atoms with van der Waals surface area (Å²) in [6.45, 7) is 3.78. The standard InChI is InChI=1S/C21H25N3O12/c1-8(25)31-7-13-15(33-9(2)26)16(34-10(3)27)17(35-11(4)28)20(36-13)22-18-14-12(29)6-32-19(14)24-21(23-18)30-5/h13,15-17,20H,6-7H2,1-5H3,(H,22,23,24). The summed E-state index contributed by atoms with van der Waals surface area (Å²) in [5.74, 6) is -3.55. The molecular weight excluding hydrogens is 486 g/mol. The summed E-state index contributed by atoms with van der Waals surface area (Å²) in [5.41, 5.74) is -0.0105. The highest BCUT2D eigenvalue weighted by Crippen LogP contribution is 2.34. The lowest BCUT2D eigenvalue weighted by Gasteiger charge is -2.44. The Balaban J connectivity index is 2.06. The van der Waals surface area contributed by atoms with E-state index < -0.39 is 66.9 Å². The van der Waals surface area contributed by atoms with Crippen molar-refractivity contribution in [1.82, 2.24) is 9.97 Å². The number of ketones is 1. The second kappa shape index (κ2) is 11.2. The van der Waals surface area contributed by atoms with Crippen LogP contribution in [0.3, 0.4) is 0 Å². The number of Topliss-reactive ketones (excluding diaryl/α,β-unsaturated/α-hetero) is 1. The Kier molecular flexibility index (Phi) is 8.24. The van der Waals surface area contributed by atoms with Crippen molar-refractivity contribution in [3.63, 3.8) is 0 Å². The minimum atomic E-state index is -1.40. The number of esters is 4. The van der Waals surface area contributed by atoms with Crippen molar-refractivity contribution in [2.75, 3.05) is 25.6 Å². The van der Waals surface area contributed by atoms with Crippen molar-refractivity contribution < 1.29 is 57.1 Å². The molecule has 0 bridgehead atoms. The topological polar surface area (TPSA) is 188 Å². The Morgan fingerprint density at radius 2 is 1.53 bits per heavy atom. The first kappa shape index (κ1) is 26.6. The largest absolute Gasteiger partial charge is 0.469 e. The summed E-state index contributed by atoms with van der Waals surface area (Å²) in [5, 5.41) is 2.83. The molecule has 0 aliphatic carbocycles. The Hall–Kier alpha value is -4.01. The molecule has 5 atom stereocenters. The monoisotopic (exact) mass is 511 g/mol. The number of hydrogen-bond donors (Lipinski definition) is 1. The molecule has 36 heavy (non-hydrogen) atoms. The van der Waals surface area contributed by atoms with Crippen molar-refractivity contribution >= 4 is 35.5 Å². The highest BCUT2D eigenvalue weighted by atomic mass is 16.7. The van der Waals surface area contributed by atoms with Crippen molar-refractivity contribution in [2.45, 2.75) is 58.3 Å². The first-order valence-electron chi connectivity index (χ1n) is 10.7. The van der Waals surface area contributed by atoms with E-state index in [-0.39, 0.29) is 29.9 Å². The van der Waals surface area contributed by atoms with Gasteiger partial charge in [0.2, 0.25) is 11.7 Å². The van der Waals surface area contributed by atoms with Crippen molar-refractivity contribution in [3.05, 3.63) is 5.56 Å². The molecule has 196 valence electrons. The fourth-order valence-corrected chi connectivity index (χ4v) is 3.66. The molecule has 1 fully saturated rings. The van der Waals surface area contributed by atoms with E-state index >= 15 is 0 Å². The second-order valence-corrected chi connectivity index (χ2v) is 7.72. The summed E-state index contributed by atoms with van der Waals surface area (Å²) in [6.07, 6.45) is -6.66. The molecule has 15 nitrogen and oxygen atoms in total. The van der Waals surface area contributed by atoms with E-state index in [2.05, 4.69) is 15.3 Å². The minimum Gasteiger partial charge on any atom is -0.469 e. The number of rotatable bonds is 8. The molecule has 2 aliphatic heterocycles. The normalized spacial score (nSPS) is 24.6. The smallest absolute Gasteiger partial charge is 0.321 e. The molecule has 0 aromatic carbocycles. The highest BCUT2D eigenvalue weighted by molar-refractivity contribution is 6.05. The number of nitrogens with one attached hydrogen (secondary N) is 1. The predicted molar refractivity (Wildman–Crippen MR) is 114 cm³/mol. The summed E-state index contributed by atoms with van der Waals surface area (Å²) >= 11 is 0. The first-order valence-corrected chi connectivity index (χ1v) is 10.7. The van der Waals surface area contributed by atoms with Gasteiger partial charge in [0.15, 0.2) is 31.1 Å². The number of anilines is 1. The summed E-state index contributed by atoms with van der Waals surface area (Å²) in [6, 6.07) is -0.142. The number of nitrogens with zero attached hydrogens (tertiary/aromatic N) is 2. The average Bonchev–Trinajstić information content (AvgIpc) is 3.16. The van der Waals surface area contributed by atoms with Gasteiger partial charge in [-0.3, -0.25) is 24.0 Å². The molecule has 3 heterocycles. The molecule has 1 aromatic rings. The van der Waals surface area contributed by atoms with Crippen LogP contribution in [0.1, 0.15) is 38.1 Å². The summed E-state index contributed by atoms with van der Waals surface area (Å²) in [7, 11) is 1.30. The number of methoxy groups -OCH3 is 1. The van der Waals surface area contributed by atoms with E-state index in [1.807, 2.05) is 0 Å². The molecule has 0 saturated carbocycles. The lowest BCUT2D eigenvalue weighted by atomic mass is 9.97. The molecule has 0 radical (unpaired) electrons. The van der Waals surface area contributed by atoms with E-state index in [0.717, 1.165) is 27.7 Å². The maximum Gasteiger partial charge on any atom is 0.321 e. The number of carbonyl (C=O) groups is 5. The van der Waals surface area contributed by atoms with Crippen LogP contribution in [-0.2, 0) is 42.9 Å². The molecule has 1 N–H and O–H groups in total. The van der Waals surface area contributed by atoms with Gasteiger partial charge in [0.1, 0.15) is 24.1 Å². The van der Waals surface area contributed by atoms with E-state index in [4.69, 9.17) is 33.2 Å². The van der Waals surface area contributed by atoms with Crippen LogP contribution in [0, 0.1) is 0 Å². The van der Waals surface area contributed by atoms with Gasteiger partial charge in [0.25, 0.3) is 0 Å². The first-order chi connectivity index (χ1) is 17.0. The fraction of sp³-hybridized carbons (Fsp3) is 0.571. The van der Waals surface area contributed by atoms with Gasteiger partial charge in [0, 0.05) is 27.7 Å². The van der Waals surface area contributed by atoms with Gasteiger partial charge in [-0.2, -0.15) is 9.97 Å². The lowest BCUT2D eigenvalue weighted by molar-refractivity contribution is -0.247. The molecular formula is C21H25N3O12. The SMILES string of the molecule is COc1nc(NC2OC(COC(C)=O)C(OC(C)=O)C(OC(C)=O)C2OC(C)=O)c2c(n1)OCC2=O. The Labute approximate surface area is 204 Å². The zero-order chi connectivity index (χ0) is 26.6. The van der Waals surface area contributed by atoms with Crippen molar-refractivity contribution in [2.24, 2.45) is 0 Å². The van der Waals surface area contributed by atoms with Crippen LogP contribution in [-0.4, -0.2) is 90.6 Å².